The Morgan fingerprint density at radius 3 is 2.57 bits per heavy atom. The fraction of sp³-hybridized carbons (Fsp3) is 0. The van der Waals surface area contributed by atoms with E-state index in [0.29, 0.717) is 0 Å². The molecular formula is C4H6AsGaO. The summed E-state index contributed by atoms with van der Waals surface area (Å²) in [6.07, 6.45) is 3.94. The van der Waals surface area contributed by atoms with Gasteiger partial charge in [-0.2, -0.15) is 0 Å². The summed E-state index contributed by atoms with van der Waals surface area (Å²) in [5, 5.41) is 0. The molecule has 0 N–H and O–H groups in total. The van der Waals surface area contributed by atoms with Crippen molar-refractivity contribution in [3.05, 3.63) is 21.6 Å². The molecule has 0 bridgehead atoms. The number of hydrogen-bond acceptors (Lipinski definition) is 1. The summed E-state index contributed by atoms with van der Waals surface area (Å²) in [4.78, 5) is 1.92. The van der Waals surface area contributed by atoms with E-state index in [2.05, 4.69) is 4.63 Å². The van der Waals surface area contributed by atoms with Gasteiger partial charge in [0, 0.05) is 0 Å². The molecule has 0 saturated carbocycles. The molecule has 1 aliphatic heterocycles. The van der Waals surface area contributed by atoms with Crippen LogP contribution < -0.4 is 0 Å². The van der Waals surface area contributed by atoms with Crippen molar-refractivity contribution in [2.75, 3.05) is 0 Å². The molecule has 1 nitrogen and oxygen atoms in total. The topological polar surface area (TPSA) is 17.1 Å². The van der Waals surface area contributed by atoms with Crippen molar-refractivity contribution in [2.24, 2.45) is 0 Å². The van der Waals surface area contributed by atoms with Crippen LogP contribution in [0.2, 0.25) is 0 Å². The zero-order chi connectivity index (χ0) is 5.11. The van der Waals surface area contributed by atoms with Gasteiger partial charge in [0.2, 0.25) is 0 Å². The molecule has 0 aromatic carbocycles. The van der Waals surface area contributed by atoms with Crippen molar-refractivity contribution < 1.29 is 3.74 Å². The van der Waals surface area contributed by atoms with E-state index in [1.54, 1.807) is 0 Å². The van der Waals surface area contributed by atoms with Crippen LogP contribution in [0.4, 0.5) is 0 Å². The molecule has 0 aromatic rings. The van der Waals surface area contributed by atoms with Crippen LogP contribution in [0.25, 0.3) is 0 Å². The van der Waals surface area contributed by atoms with Crippen LogP contribution in [0.5, 0.6) is 0 Å². The Bertz CT molecular complexity index is 139. The van der Waals surface area contributed by atoms with Gasteiger partial charge < -0.3 is 0 Å². The third-order valence-electron chi connectivity index (χ3n) is 0.848. The molecule has 0 amide bonds. The fourth-order valence-corrected chi connectivity index (χ4v) is 9.55. The van der Waals surface area contributed by atoms with Crippen molar-refractivity contribution in [3.8, 4) is 0 Å². The second-order valence-corrected chi connectivity index (χ2v) is 18.0. The van der Waals surface area contributed by atoms with E-state index in [0.717, 1.165) is 0 Å². The monoisotopic (exact) mass is 214 g/mol. The molecule has 0 saturated heterocycles. The van der Waals surface area contributed by atoms with Gasteiger partial charge in [-0.05, 0) is 0 Å². The van der Waals surface area contributed by atoms with Crippen LogP contribution >= 0.6 is 0 Å². The van der Waals surface area contributed by atoms with E-state index in [-0.39, 0.29) is 0 Å². The van der Waals surface area contributed by atoms with Crippen LogP contribution in [0.15, 0.2) is 21.6 Å². The number of allylic oxidation sites excluding steroid dienone is 2. The zero-order valence-corrected chi connectivity index (χ0v) is 8.99. The average Bonchev–Trinajstić information content (AvgIpc) is 1.69. The summed E-state index contributed by atoms with van der Waals surface area (Å²) in [5.74, 6) is 0. The van der Waals surface area contributed by atoms with Crippen LogP contribution in [0.1, 0.15) is 0 Å². The summed E-state index contributed by atoms with van der Waals surface area (Å²) in [6, 6.07) is 0. The second kappa shape index (κ2) is 2.70. The standard InChI is InChI=1S/C4H5AsO.Ga.H/c1-2-3-4-5-6;;/h1-5H;;/q+1;-1;. The first-order valence-electron chi connectivity index (χ1n) is 2.25. The number of hydrogen-bond donors (Lipinski definition) is 0. The molecule has 1 aliphatic rings. The van der Waals surface area contributed by atoms with Crippen LogP contribution in [-0.2, 0) is 3.74 Å². The molecule has 3 heteroatoms. The minimum absolute atomic E-state index is 0.592. The molecule has 0 radical (unpaired) electrons. The summed E-state index contributed by atoms with van der Waals surface area (Å²) < 4.78 is 12.8. The van der Waals surface area contributed by atoms with E-state index in [4.69, 9.17) is 0 Å². The number of rotatable bonds is 0. The minimum atomic E-state index is -1.65. The molecule has 0 aliphatic carbocycles. The quantitative estimate of drug-likeness (QED) is 0.506. The fourth-order valence-electron chi connectivity index (χ4n) is 0.494. The molecule has 0 aromatic heterocycles. The Morgan fingerprint density at radius 2 is 2.29 bits per heavy atom. The Balaban J connectivity index is 2.66. The maximum absolute atomic E-state index is 10.7. The van der Waals surface area contributed by atoms with Crippen LogP contribution in [0.3, 0.4) is 0 Å². The summed E-state index contributed by atoms with van der Waals surface area (Å²) in [7, 11) is 0. The molecule has 7 heavy (non-hydrogen) atoms. The van der Waals surface area contributed by atoms with Gasteiger partial charge in [0.1, 0.15) is 0 Å². The molecule has 1 atom stereocenters. The van der Waals surface area contributed by atoms with Crippen molar-refractivity contribution in [3.63, 3.8) is 0 Å². The van der Waals surface area contributed by atoms with E-state index < -0.39 is 27.4 Å². The maximum atomic E-state index is 10.7. The SMILES string of the molecule is O=[AsH]1C=CC=[CH][GaH]1. The van der Waals surface area contributed by atoms with Crippen LogP contribution in [-0.4, -0.2) is 27.4 Å². The molecule has 36 valence electrons. The first kappa shape index (κ1) is 5.61. The Hall–Kier alpha value is 0.475. The van der Waals surface area contributed by atoms with Crippen molar-refractivity contribution in [2.45, 2.75) is 0 Å². The average molecular weight is 215 g/mol. The third kappa shape index (κ3) is 1.81. The predicted octanol–water partition coefficient (Wildman–Crippen LogP) is -0.303. The molecular weight excluding hydrogens is 209 g/mol. The molecule has 1 unspecified atom stereocenters. The van der Waals surface area contributed by atoms with E-state index in [9.17, 15) is 3.74 Å². The van der Waals surface area contributed by atoms with Gasteiger partial charge in [-0.1, -0.05) is 0 Å². The van der Waals surface area contributed by atoms with Gasteiger partial charge in [-0.3, -0.25) is 0 Å². The zero-order valence-electron chi connectivity index (χ0n) is 3.92. The molecule has 1 rings (SSSR count). The third-order valence-corrected chi connectivity index (χ3v) is 13.5. The predicted molar refractivity (Wildman–Crippen MR) is 33.3 cm³/mol. The normalized spacial score (nSPS) is 27.1. The van der Waals surface area contributed by atoms with Crippen LogP contribution in [0, 0.1) is 0 Å². The second-order valence-electron chi connectivity index (χ2n) is 1.46. The van der Waals surface area contributed by atoms with E-state index in [1.165, 1.54) is 0 Å². The molecule has 1 heterocycles. The van der Waals surface area contributed by atoms with Gasteiger partial charge >= 0.3 is 52.7 Å². The van der Waals surface area contributed by atoms with Crippen molar-refractivity contribution in [1.29, 1.82) is 0 Å². The van der Waals surface area contributed by atoms with Crippen molar-refractivity contribution in [1.82, 2.24) is 0 Å². The first-order chi connectivity index (χ1) is 3.39. The van der Waals surface area contributed by atoms with Gasteiger partial charge in [-0.25, -0.2) is 0 Å². The van der Waals surface area contributed by atoms with Crippen molar-refractivity contribution >= 4 is 27.4 Å². The van der Waals surface area contributed by atoms with Gasteiger partial charge in [0.25, 0.3) is 0 Å². The van der Waals surface area contributed by atoms with Gasteiger partial charge in [-0.15, -0.1) is 0 Å². The molecule has 0 fully saturated rings. The summed E-state index contributed by atoms with van der Waals surface area (Å²) >= 11 is -2.24. The Kier molecular flexibility index (Phi) is 2.17. The van der Waals surface area contributed by atoms with E-state index >= 15 is 0 Å². The summed E-state index contributed by atoms with van der Waals surface area (Å²) in [6.45, 7) is 0. The van der Waals surface area contributed by atoms with E-state index in [1.807, 2.05) is 17.0 Å². The van der Waals surface area contributed by atoms with Gasteiger partial charge in [0.05, 0.1) is 0 Å². The first-order valence-corrected chi connectivity index (χ1v) is 15.2. The Labute approximate surface area is 52.8 Å². The molecule has 0 spiro atoms. The Morgan fingerprint density at radius 1 is 1.43 bits per heavy atom. The summed E-state index contributed by atoms with van der Waals surface area (Å²) in [5.41, 5.74) is 0. The van der Waals surface area contributed by atoms with Gasteiger partial charge in [0.15, 0.2) is 0 Å².